The number of carbonyl (C=O) groups is 2. The molecule has 2 rings (SSSR count). The summed E-state index contributed by atoms with van der Waals surface area (Å²) >= 11 is 0. The van der Waals surface area contributed by atoms with Gasteiger partial charge in [-0.15, -0.1) is 0 Å². The van der Waals surface area contributed by atoms with Gasteiger partial charge in [0.25, 0.3) is 0 Å². The first kappa shape index (κ1) is 17.0. The summed E-state index contributed by atoms with van der Waals surface area (Å²) in [5.41, 5.74) is 0.953. The first-order valence-corrected chi connectivity index (χ1v) is 7.85. The van der Waals surface area contributed by atoms with Crippen LogP contribution >= 0.6 is 0 Å². The number of nitrogens with one attached hydrogen (secondary N) is 1. The minimum Gasteiger partial charge on any atom is -0.467 e. The van der Waals surface area contributed by atoms with Gasteiger partial charge < -0.3 is 10.1 Å². The Labute approximate surface area is 136 Å². The van der Waals surface area contributed by atoms with E-state index in [9.17, 15) is 9.59 Å². The first-order chi connectivity index (χ1) is 11.0. The SMILES string of the molecule is COC(=O)C(CC(C)C)NC(=O)Cc1cccc2ccccc12. The average molecular weight is 313 g/mol. The average Bonchev–Trinajstić information content (AvgIpc) is 2.53. The van der Waals surface area contributed by atoms with Crippen molar-refractivity contribution in [3.63, 3.8) is 0 Å². The molecule has 4 nitrogen and oxygen atoms in total. The normalized spacial score (nSPS) is 12.2. The van der Waals surface area contributed by atoms with E-state index in [1.54, 1.807) is 0 Å². The molecule has 2 aromatic carbocycles. The van der Waals surface area contributed by atoms with E-state index in [4.69, 9.17) is 4.74 Å². The molecular weight excluding hydrogens is 290 g/mol. The molecule has 0 fully saturated rings. The molecule has 1 unspecified atom stereocenters. The van der Waals surface area contributed by atoms with Gasteiger partial charge in [-0.1, -0.05) is 56.3 Å². The van der Waals surface area contributed by atoms with Crippen molar-refractivity contribution < 1.29 is 14.3 Å². The van der Waals surface area contributed by atoms with E-state index in [0.29, 0.717) is 6.42 Å². The summed E-state index contributed by atoms with van der Waals surface area (Å²) in [5.74, 6) is -0.278. The standard InChI is InChI=1S/C19H23NO3/c1-13(2)11-17(19(22)23-3)20-18(21)12-15-9-6-8-14-7-4-5-10-16(14)15/h4-10,13,17H,11-12H2,1-3H3,(H,20,21). The Kier molecular flexibility index (Phi) is 5.74. The Morgan fingerprint density at radius 2 is 1.78 bits per heavy atom. The Hall–Kier alpha value is -2.36. The zero-order valence-electron chi connectivity index (χ0n) is 13.8. The highest BCUT2D eigenvalue weighted by molar-refractivity contribution is 5.91. The molecule has 1 atom stereocenters. The highest BCUT2D eigenvalue weighted by Crippen LogP contribution is 2.19. The summed E-state index contributed by atoms with van der Waals surface area (Å²) in [6, 6.07) is 13.3. The largest absolute Gasteiger partial charge is 0.467 e. The fraction of sp³-hybridized carbons (Fsp3) is 0.368. The van der Waals surface area contributed by atoms with Gasteiger partial charge in [0.15, 0.2) is 0 Å². The molecule has 0 saturated heterocycles. The Morgan fingerprint density at radius 1 is 1.09 bits per heavy atom. The predicted octanol–water partition coefficient (Wildman–Crippen LogP) is 3.09. The van der Waals surface area contributed by atoms with Crippen molar-refractivity contribution in [2.75, 3.05) is 7.11 Å². The predicted molar refractivity (Wildman–Crippen MR) is 91.1 cm³/mol. The van der Waals surface area contributed by atoms with E-state index in [1.165, 1.54) is 7.11 Å². The van der Waals surface area contributed by atoms with Gasteiger partial charge >= 0.3 is 5.97 Å². The number of esters is 1. The molecule has 0 saturated carbocycles. The van der Waals surface area contributed by atoms with Gasteiger partial charge in [-0.2, -0.15) is 0 Å². The molecule has 4 heteroatoms. The van der Waals surface area contributed by atoms with Crippen LogP contribution in [0, 0.1) is 5.92 Å². The molecule has 2 aromatic rings. The highest BCUT2D eigenvalue weighted by Gasteiger charge is 2.22. The van der Waals surface area contributed by atoms with Crippen LogP contribution in [0.2, 0.25) is 0 Å². The summed E-state index contributed by atoms with van der Waals surface area (Å²) in [4.78, 5) is 24.2. The summed E-state index contributed by atoms with van der Waals surface area (Å²) < 4.78 is 4.78. The second kappa shape index (κ2) is 7.77. The van der Waals surface area contributed by atoms with Crippen LogP contribution in [0.15, 0.2) is 42.5 Å². The second-order valence-electron chi connectivity index (χ2n) is 6.09. The minimum absolute atomic E-state index is 0.169. The number of methoxy groups -OCH3 is 1. The molecule has 0 aliphatic carbocycles. The van der Waals surface area contributed by atoms with Gasteiger partial charge in [0, 0.05) is 0 Å². The van der Waals surface area contributed by atoms with E-state index in [0.717, 1.165) is 16.3 Å². The van der Waals surface area contributed by atoms with Crippen LogP contribution in [0.1, 0.15) is 25.8 Å². The zero-order valence-corrected chi connectivity index (χ0v) is 13.8. The molecule has 23 heavy (non-hydrogen) atoms. The molecule has 0 aliphatic rings. The lowest BCUT2D eigenvalue weighted by molar-refractivity contribution is -0.145. The molecule has 0 heterocycles. The molecule has 1 amide bonds. The van der Waals surface area contributed by atoms with E-state index in [2.05, 4.69) is 5.32 Å². The fourth-order valence-electron chi connectivity index (χ4n) is 2.69. The van der Waals surface area contributed by atoms with Crippen LogP contribution < -0.4 is 5.32 Å². The van der Waals surface area contributed by atoms with Crippen molar-refractivity contribution in [1.29, 1.82) is 0 Å². The maximum atomic E-state index is 12.3. The van der Waals surface area contributed by atoms with E-state index < -0.39 is 12.0 Å². The molecule has 0 radical (unpaired) electrons. The molecule has 0 aromatic heterocycles. The fourth-order valence-corrected chi connectivity index (χ4v) is 2.69. The van der Waals surface area contributed by atoms with Crippen LogP contribution in [0.5, 0.6) is 0 Å². The Bertz CT molecular complexity index is 689. The van der Waals surface area contributed by atoms with Crippen LogP contribution in [-0.4, -0.2) is 25.0 Å². The lowest BCUT2D eigenvalue weighted by Crippen LogP contribution is -2.43. The van der Waals surface area contributed by atoms with Crippen molar-refractivity contribution in [3.8, 4) is 0 Å². The summed E-state index contributed by atoms with van der Waals surface area (Å²) in [7, 11) is 1.34. The first-order valence-electron chi connectivity index (χ1n) is 7.85. The van der Waals surface area contributed by atoms with E-state index >= 15 is 0 Å². The lowest BCUT2D eigenvalue weighted by Gasteiger charge is -2.18. The van der Waals surface area contributed by atoms with Crippen molar-refractivity contribution in [3.05, 3.63) is 48.0 Å². The molecule has 0 bridgehead atoms. The third kappa shape index (κ3) is 4.55. The molecular formula is C19H23NO3. The number of amides is 1. The number of hydrogen-bond acceptors (Lipinski definition) is 3. The number of benzene rings is 2. The number of ether oxygens (including phenoxy) is 1. The van der Waals surface area contributed by atoms with Gasteiger partial charge in [0.05, 0.1) is 13.5 Å². The van der Waals surface area contributed by atoms with Gasteiger partial charge in [0.1, 0.15) is 6.04 Å². The molecule has 122 valence electrons. The maximum Gasteiger partial charge on any atom is 0.328 e. The highest BCUT2D eigenvalue weighted by atomic mass is 16.5. The van der Waals surface area contributed by atoms with E-state index in [-0.39, 0.29) is 18.2 Å². The maximum absolute atomic E-state index is 12.3. The van der Waals surface area contributed by atoms with Crippen LogP contribution in [0.3, 0.4) is 0 Å². The van der Waals surface area contributed by atoms with E-state index in [1.807, 2.05) is 56.3 Å². The quantitative estimate of drug-likeness (QED) is 0.834. The zero-order chi connectivity index (χ0) is 16.8. The molecule has 0 spiro atoms. The van der Waals surface area contributed by atoms with Crippen LogP contribution in [0.25, 0.3) is 10.8 Å². The lowest BCUT2D eigenvalue weighted by atomic mass is 10.0. The second-order valence-corrected chi connectivity index (χ2v) is 6.09. The van der Waals surface area contributed by atoms with Gasteiger partial charge in [0.2, 0.25) is 5.91 Å². The molecule has 0 aliphatic heterocycles. The summed E-state index contributed by atoms with van der Waals surface area (Å²) in [5, 5.41) is 4.96. The number of hydrogen-bond donors (Lipinski definition) is 1. The van der Waals surface area contributed by atoms with Crippen molar-refractivity contribution in [2.45, 2.75) is 32.7 Å². The topological polar surface area (TPSA) is 55.4 Å². The summed E-state index contributed by atoms with van der Waals surface area (Å²) in [6.07, 6.45) is 0.806. The third-order valence-corrected chi connectivity index (χ3v) is 3.76. The van der Waals surface area contributed by atoms with Gasteiger partial charge in [-0.25, -0.2) is 4.79 Å². The summed E-state index contributed by atoms with van der Waals surface area (Å²) in [6.45, 7) is 4.01. The van der Waals surface area contributed by atoms with Crippen molar-refractivity contribution >= 4 is 22.6 Å². The van der Waals surface area contributed by atoms with Crippen LogP contribution in [0.4, 0.5) is 0 Å². The van der Waals surface area contributed by atoms with Crippen LogP contribution in [-0.2, 0) is 20.7 Å². The number of carbonyl (C=O) groups excluding carboxylic acids is 2. The van der Waals surface area contributed by atoms with Crippen molar-refractivity contribution in [1.82, 2.24) is 5.32 Å². The Balaban J connectivity index is 2.12. The van der Waals surface area contributed by atoms with Crippen molar-refractivity contribution in [2.24, 2.45) is 5.92 Å². The minimum atomic E-state index is -0.595. The Morgan fingerprint density at radius 3 is 2.48 bits per heavy atom. The third-order valence-electron chi connectivity index (χ3n) is 3.76. The number of fused-ring (bicyclic) bond motifs is 1. The molecule has 1 N–H and O–H groups in total. The monoisotopic (exact) mass is 313 g/mol. The smallest absolute Gasteiger partial charge is 0.328 e. The van der Waals surface area contributed by atoms with Gasteiger partial charge in [-0.05, 0) is 28.7 Å². The number of rotatable bonds is 6. The van der Waals surface area contributed by atoms with Gasteiger partial charge in [-0.3, -0.25) is 4.79 Å².